The summed E-state index contributed by atoms with van der Waals surface area (Å²) in [4.78, 5) is 19.4. The number of benzene rings is 1. The van der Waals surface area contributed by atoms with Crippen LogP contribution in [0.5, 0.6) is 17.2 Å². The molecule has 7 heteroatoms. The van der Waals surface area contributed by atoms with Gasteiger partial charge in [0.25, 0.3) is 5.56 Å². The lowest BCUT2D eigenvalue weighted by Crippen LogP contribution is -2.11. The highest BCUT2D eigenvalue weighted by atomic mass is 16.5. The molecule has 0 atom stereocenters. The van der Waals surface area contributed by atoms with E-state index in [0.29, 0.717) is 28.5 Å². The quantitative estimate of drug-likeness (QED) is 0.775. The van der Waals surface area contributed by atoms with Crippen LogP contribution in [0.15, 0.2) is 46.1 Å². The SMILES string of the molecule is COc1cc(-c2nc(-c3ccoc3)c[nH]c2=O)cc(OC)c1OC. The molecular weight excluding hydrogens is 312 g/mol. The van der Waals surface area contributed by atoms with Gasteiger partial charge >= 0.3 is 0 Å². The minimum atomic E-state index is -0.323. The number of aromatic nitrogens is 2. The lowest BCUT2D eigenvalue weighted by molar-refractivity contribution is 0.324. The van der Waals surface area contributed by atoms with Crippen molar-refractivity contribution < 1.29 is 18.6 Å². The van der Waals surface area contributed by atoms with E-state index in [2.05, 4.69) is 9.97 Å². The van der Waals surface area contributed by atoms with Crippen molar-refractivity contribution >= 4 is 0 Å². The lowest BCUT2D eigenvalue weighted by atomic mass is 10.1. The number of H-pyrrole nitrogens is 1. The number of furan rings is 1. The van der Waals surface area contributed by atoms with E-state index >= 15 is 0 Å². The Balaban J connectivity index is 2.18. The highest BCUT2D eigenvalue weighted by Crippen LogP contribution is 2.40. The van der Waals surface area contributed by atoms with Crippen LogP contribution in [-0.4, -0.2) is 31.3 Å². The fourth-order valence-corrected chi connectivity index (χ4v) is 2.38. The van der Waals surface area contributed by atoms with E-state index < -0.39 is 0 Å². The normalized spacial score (nSPS) is 10.5. The van der Waals surface area contributed by atoms with Crippen LogP contribution in [0.4, 0.5) is 0 Å². The van der Waals surface area contributed by atoms with Crippen molar-refractivity contribution in [3.63, 3.8) is 0 Å². The van der Waals surface area contributed by atoms with Crippen LogP contribution in [0.1, 0.15) is 0 Å². The van der Waals surface area contributed by atoms with Crippen molar-refractivity contribution in [2.24, 2.45) is 0 Å². The predicted octanol–water partition coefficient (Wildman–Crippen LogP) is 2.72. The van der Waals surface area contributed by atoms with Gasteiger partial charge in [0.1, 0.15) is 5.69 Å². The van der Waals surface area contributed by atoms with E-state index in [1.807, 2.05) is 0 Å². The molecule has 124 valence electrons. The average molecular weight is 328 g/mol. The zero-order valence-corrected chi connectivity index (χ0v) is 13.5. The van der Waals surface area contributed by atoms with Gasteiger partial charge in [-0.15, -0.1) is 0 Å². The first-order chi connectivity index (χ1) is 11.7. The summed E-state index contributed by atoms with van der Waals surface area (Å²) in [6.45, 7) is 0. The van der Waals surface area contributed by atoms with E-state index in [0.717, 1.165) is 5.56 Å². The summed E-state index contributed by atoms with van der Waals surface area (Å²) in [5, 5.41) is 0. The van der Waals surface area contributed by atoms with E-state index in [9.17, 15) is 4.79 Å². The number of ether oxygens (including phenoxy) is 3. The molecule has 0 unspecified atom stereocenters. The first kappa shape index (κ1) is 15.7. The maximum atomic E-state index is 12.2. The molecule has 0 spiro atoms. The highest BCUT2D eigenvalue weighted by Gasteiger charge is 2.17. The first-order valence-corrected chi connectivity index (χ1v) is 7.10. The third-order valence-electron chi connectivity index (χ3n) is 3.54. The molecule has 0 aliphatic carbocycles. The Morgan fingerprint density at radius 3 is 2.29 bits per heavy atom. The van der Waals surface area contributed by atoms with Gasteiger partial charge in [0.2, 0.25) is 5.75 Å². The maximum absolute atomic E-state index is 12.2. The van der Waals surface area contributed by atoms with Crippen LogP contribution in [0.25, 0.3) is 22.5 Å². The summed E-state index contributed by atoms with van der Waals surface area (Å²) >= 11 is 0. The number of rotatable bonds is 5. The molecule has 0 aliphatic rings. The van der Waals surface area contributed by atoms with Gasteiger partial charge in [-0.1, -0.05) is 0 Å². The van der Waals surface area contributed by atoms with E-state index in [4.69, 9.17) is 18.6 Å². The molecule has 24 heavy (non-hydrogen) atoms. The van der Waals surface area contributed by atoms with Gasteiger partial charge in [0.05, 0.1) is 39.5 Å². The summed E-state index contributed by atoms with van der Waals surface area (Å²) in [5.41, 5.74) is 1.83. The Labute approximate surface area is 137 Å². The number of hydrogen-bond acceptors (Lipinski definition) is 6. The molecule has 0 saturated carbocycles. The third kappa shape index (κ3) is 2.71. The molecule has 0 bridgehead atoms. The molecule has 0 radical (unpaired) electrons. The van der Waals surface area contributed by atoms with Crippen LogP contribution >= 0.6 is 0 Å². The molecule has 2 heterocycles. The second-order valence-electron chi connectivity index (χ2n) is 4.89. The van der Waals surface area contributed by atoms with Gasteiger partial charge in [0.15, 0.2) is 11.5 Å². The summed E-state index contributed by atoms with van der Waals surface area (Å²) < 4.78 is 21.0. The van der Waals surface area contributed by atoms with Gasteiger partial charge in [0, 0.05) is 17.3 Å². The van der Waals surface area contributed by atoms with Gasteiger partial charge in [-0.2, -0.15) is 0 Å². The van der Waals surface area contributed by atoms with Crippen LogP contribution < -0.4 is 19.8 Å². The lowest BCUT2D eigenvalue weighted by Gasteiger charge is -2.13. The first-order valence-electron chi connectivity index (χ1n) is 7.10. The monoisotopic (exact) mass is 328 g/mol. The second kappa shape index (κ2) is 6.49. The molecule has 1 aromatic carbocycles. The molecule has 3 aromatic rings. The minimum absolute atomic E-state index is 0.243. The van der Waals surface area contributed by atoms with Crippen LogP contribution in [0.3, 0.4) is 0 Å². The molecule has 0 saturated heterocycles. The average Bonchev–Trinajstić information content (AvgIpc) is 3.15. The largest absolute Gasteiger partial charge is 0.493 e. The van der Waals surface area contributed by atoms with Crippen molar-refractivity contribution in [3.8, 4) is 39.8 Å². The van der Waals surface area contributed by atoms with Crippen LogP contribution in [-0.2, 0) is 0 Å². The molecule has 0 amide bonds. The molecule has 0 aliphatic heterocycles. The molecular formula is C17H16N2O5. The zero-order valence-electron chi connectivity index (χ0n) is 13.5. The summed E-state index contributed by atoms with van der Waals surface area (Å²) in [6, 6.07) is 5.12. The highest BCUT2D eigenvalue weighted by molar-refractivity contribution is 5.70. The summed E-state index contributed by atoms with van der Waals surface area (Å²) in [7, 11) is 4.55. The number of aromatic amines is 1. The number of nitrogens with zero attached hydrogens (tertiary/aromatic N) is 1. The Hall–Kier alpha value is -3.22. The molecule has 3 rings (SSSR count). The fourth-order valence-electron chi connectivity index (χ4n) is 2.38. The Kier molecular flexibility index (Phi) is 4.24. The van der Waals surface area contributed by atoms with Gasteiger partial charge in [-0.05, 0) is 18.2 Å². The Bertz CT molecular complexity index is 875. The topological polar surface area (TPSA) is 86.6 Å². The van der Waals surface area contributed by atoms with Gasteiger partial charge < -0.3 is 23.6 Å². The summed E-state index contributed by atoms with van der Waals surface area (Å²) in [5.74, 6) is 1.34. The standard InChI is InChI=1S/C17H16N2O5/c1-21-13-6-11(7-14(22-2)16(13)23-3)15-17(20)18-8-12(19-15)10-4-5-24-9-10/h4-9H,1-3H3,(H,18,20). The van der Waals surface area contributed by atoms with Crippen molar-refractivity contribution in [3.05, 3.63) is 47.3 Å². The second-order valence-corrected chi connectivity index (χ2v) is 4.89. The molecule has 1 N–H and O–H groups in total. The molecule has 0 fully saturated rings. The fraction of sp³-hybridized carbons (Fsp3) is 0.176. The van der Waals surface area contributed by atoms with Gasteiger partial charge in [-0.3, -0.25) is 4.79 Å². The van der Waals surface area contributed by atoms with E-state index in [1.165, 1.54) is 27.5 Å². The number of hydrogen-bond donors (Lipinski definition) is 1. The Morgan fingerprint density at radius 1 is 1.04 bits per heavy atom. The summed E-state index contributed by atoms with van der Waals surface area (Å²) in [6.07, 6.45) is 4.63. The predicted molar refractivity (Wildman–Crippen MR) is 87.7 cm³/mol. The maximum Gasteiger partial charge on any atom is 0.274 e. The van der Waals surface area contributed by atoms with Crippen molar-refractivity contribution in [1.82, 2.24) is 9.97 Å². The van der Waals surface area contributed by atoms with Gasteiger partial charge in [-0.25, -0.2) is 4.98 Å². The Morgan fingerprint density at radius 2 is 1.75 bits per heavy atom. The molecule has 7 nitrogen and oxygen atoms in total. The molecule has 2 aromatic heterocycles. The third-order valence-corrected chi connectivity index (χ3v) is 3.54. The number of methoxy groups -OCH3 is 3. The smallest absolute Gasteiger partial charge is 0.274 e. The zero-order chi connectivity index (χ0) is 17.1. The van der Waals surface area contributed by atoms with E-state index in [-0.39, 0.29) is 11.3 Å². The van der Waals surface area contributed by atoms with Crippen LogP contribution in [0.2, 0.25) is 0 Å². The minimum Gasteiger partial charge on any atom is -0.493 e. The van der Waals surface area contributed by atoms with Crippen molar-refractivity contribution in [2.45, 2.75) is 0 Å². The van der Waals surface area contributed by atoms with Crippen molar-refractivity contribution in [1.29, 1.82) is 0 Å². The van der Waals surface area contributed by atoms with Crippen molar-refractivity contribution in [2.75, 3.05) is 21.3 Å². The van der Waals surface area contributed by atoms with Crippen LogP contribution in [0, 0.1) is 0 Å². The number of nitrogens with one attached hydrogen (secondary N) is 1. The van der Waals surface area contributed by atoms with E-state index in [1.54, 1.807) is 30.7 Å².